The first kappa shape index (κ1) is 19.2. The number of carbonyl (C=O) groups is 2. The Morgan fingerprint density at radius 3 is 1.96 bits per heavy atom. The van der Waals surface area contributed by atoms with Gasteiger partial charge in [0.05, 0.1) is 0 Å². The Kier molecular flexibility index (Phi) is 5.93. The molecule has 0 aromatic carbocycles. The van der Waals surface area contributed by atoms with Crippen LogP contribution in [0.3, 0.4) is 0 Å². The number of nitrogens with zero attached hydrogens (tertiary/aromatic N) is 2. The molecule has 0 aliphatic rings. The highest BCUT2D eigenvalue weighted by atomic mass is 32.1. The Hall–Kier alpha value is -1.89. The topological polar surface area (TPSA) is 60.8 Å². The molecule has 0 aliphatic carbocycles. The number of rotatable bonds is 3. The molecule has 6 nitrogen and oxygen atoms in total. The van der Waals surface area contributed by atoms with Crippen molar-refractivity contribution in [2.24, 2.45) is 0 Å². The third kappa shape index (κ3) is 7.27. The maximum Gasteiger partial charge on any atom is 0.430 e. The predicted molar refractivity (Wildman–Crippen MR) is 90.4 cm³/mol. The maximum absolute atomic E-state index is 12.4. The number of amides is 1. The van der Waals surface area contributed by atoms with Gasteiger partial charge in [-0.25, -0.2) is 9.80 Å². The summed E-state index contributed by atoms with van der Waals surface area (Å²) in [4.78, 5) is 24.5. The van der Waals surface area contributed by atoms with Crippen molar-refractivity contribution < 1.29 is 19.1 Å². The average molecular weight is 340 g/mol. The summed E-state index contributed by atoms with van der Waals surface area (Å²) in [6.07, 6.45) is 2.54. The van der Waals surface area contributed by atoms with Crippen LogP contribution in [0.2, 0.25) is 0 Å². The van der Waals surface area contributed by atoms with Gasteiger partial charge in [0.2, 0.25) is 0 Å². The minimum atomic E-state index is -0.679. The summed E-state index contributed by atoms with van der Waals surface area (Å²) in [7, 11) is 0. The molecule has 7 heteroatoms. The van der Waals surface area contributed by atoms with E-state index in [1.54, 1.807) is 66.1 Å². The highest BCUT2D eigenvalue weighted by Gasteiger charge is 2.27. The van der Waals surface area contributed by atoms with Crippen LogP contribution >= 0.6 is 12.2 Å². The Balaban J connectivity index is 3.01. The summed E-state index contributed by atoms with van der Waals surface area (Å²) in [6, 6.07) is 3.31. The molecule has 0 saturated heterocycles. The van der Waals surface area contributed by atoms with Gasteiger partial charge in [0.25, 0.3) is 0 Å². The Bertz CT molecular complexity index is 606. The van der Waals surface area contributed by atoms with E-state index in [-0.39, 0.29) is 6.54 Å². The van der Waals surface area contributed by atoms with Crippen molar-refractivity contribution in [3.05, 3.63) is 29.0 Å². The first-order valence-corrected chi connectivity index (χ1v) is 7.69. The molecule has 0 atom stereocenters. The van der Waals surface area contributed by atoms with Gasteiger partial charge < -0.3 is 9.47 Å². The fourth-order valence-electron chi connectivity index (χ4n) is 1.62. The van der Waals surface area contributed by atoms with E-state index >= 15 is 0 Å². The monoisotopic (exact) mass is 340 g/mol. The van der Waals surface area contributed by atoms with Gasteiger partial charge in [-0.3, -0.25) is 9.47 Å². The van der Waals surface area contributed by atoms with E-state index in [2.05, 4.69) is 0 Å². The lowest BCUT2D eigenvalue weighted by atomic mass is 10.2. The van der Waals surface area contributed by atoms with E-state index in [0.717, 1.165) is 5.01 Å². The minimum absolute atomic E-state index is 0.270. The number of pyridine rings is 1. The van der Waals surface area contributed by atoms with Crippen LogP contribution < -0.4 is 5.01 Å². The maximum atomic E-state index is 12.4. The molecule has 0 saturated carbocycles. The molecule has 23 heavy (non-hydrogen) atoms. The lowest BCUT2D eigenvalue weighted by molar-refractivity contribution is -0.153. The molecule has 1 rings (SSSR count). The summed E-state index contributed by atoms with van der Waals surface area (Å²) in [5.41, 5.74) is -1.31. The number of carbonyl (C=O) groups excluding carboxylic acids is 2. The number of esters is 1. The number of aromatic nitrogens is 1. The van der Waals surface area contributed by atoms with Crippen LogP contribution in [0.15, 0.2) is 24.5 Å². The molecule has 128 valence electrons. The van der Waals surface area contributed by atoms with Crippen molar-refractivity contribution in [3.8, 4) is 0 Å². The second kappa shape index (κ2) is 7.12. The predicted octanol–water partition coefficient (Wildman–Crippen LogP) is 3.43. The van der Waals surface area contributed by atoms with Crippen LogP contribution in [0.1, 0.15) is 41.5 Å². The van der Waals surface area contributed by atoms with E-state index in [9.17, 15) is 9.59 Å². The van der Waals surface area contributed by atoms with E-state index < -0.39 is 23.3 Å². The molecule has 0 spiro atoms. The number of hydrogen-bond donors (Lipinski definition) is 0. The molecule has 0 fully saturated rings. The van der Waals surface area contributed by atoms with Crippen molar-refractivity contribution in [1.29, 1.82) is 0 Å². The molecule has 1 aromatic heterocycles. The minimum Gasteiger partial charge on any atom is -0.459 e. The first-order valence-electron chi connectivity index (χ1n) is 7.28. The molecule has 1 heterocycles. The standard InChI is InChI=1S/C16H24N2O4S/c1-15(2,3)21-13(19)11-18(14(20)22-16(4,5)6)17-9-7-12(23)8-10-17/h7-10H,11H2,1-6H3. The van der Waals surface area contributed by atoms with Gasteiger partial charge in [-0.2, -0.15) is 0 Å². The Labute approximate surface area is 142 Å². The zero-order chi connectivity index (χ0) is 17.8. The Morgan fingerprint density at radius 2 is 1.52 bits per heavy atom. The third-order valence-electron chi connectivity index (χ3n) is 2.36. The quantitative estimate of drug-likeness (QED) is 0.623. The smallest absolute Gasteiger partial charge is 0.430 e. The van der Waals surface area contributed by atoms with E-state index in [4.69, 9.17) is 21.7 Å². The summed E-state index contributed by atoms with van der Waals surface area (Å²) in [5.74, 6) is -0.529. The molecule has 1 aromatic rings. The van der Waals surface area contributed by atoms with Gasteiger partial charge in [-0.1, -0.05) is 12.2 Å². The average Bonchev–Trinajstić information content (AvgIpc) is 2.33. The van der Waals surface area contributed by atoms with Crippen molar-refractivity contribution in [2.75, 3.05) is 11.6 Å². The van der Waals surface area contributed by atoms with Crippen molar-refractivity contribution in [2.45, 2.75) is 52.7 Å². The van der Waals surface area contributed by atoms with Crippen molar-refractivity contribution in [1.82, 2.24) is 4.68 Å². The van der Waals surface area contributed by atoms with Crippen LogP contribution in [-0.4, -0.2) is 34.5 Å². The molecule has 0 N–H and O–H groups in total. The summed E-state index contributed by atoms with van der Waals surface area (Å²) in [6.45, 7) is 10.3. The summed E-state index contributed by atoms with van der Waals surface area (Å²) in [5, 5.41) is 1.16. The van der Waals surface area contributed by atoms with Gasteiger partial charge in [-0.15, -0.1) is 0 Å². The van der Waals surface area contributed by atoms with Gasteiger partial charge in [0.15, 0.2) is 0 Å². The normalized spacial score (nSPS) is 11.7. The van der Waals surface area contributed by atoms with Gasteiger partial charge in [0.1, 0.15) is 17.7 Å². The highest BCUT2D eigenvalue weighted by Crippen LogP contribution is 2.11. The summed E-state index contributed by atoms with van der Waals surface area (Å²) < 4.78 is 12.7. The van der Waals surface area contributed by atoms with Gasteiger partial charge in [0, 0.05) is 16.9 Å². The number of ether oxygens (including phenoxy) is 2. The zero-order valence-corrected chi connectivity index (χ0v) is 15.3. The molecule has 0 bridgehead atoms. The fraction of sp³-hybridized carbons (Fsp3) is 0.562. The zero-order valence-electron chi connectivity index (χ0n) is 14.5. The van der Waals surface area contributed by atoms with Crippen molar-refractivity contribution in [3.63, 3.8) is 0 Å². The lowest BCUT2D eigenvalue weighted by Crippen LogP contribution is -2.47. The summed E-state index contributed by atoms with van der Waals surface area (Å²) >= 11 is 5.03. The van der Waals surface area contributed by atoms with Crippen LogP contribution in [-0.2, 0) is 14.3 Å². The van der Waals surface area contributed by atoms with Crippen molar-refractivity contribution >= 4 is 24.3 Å². The van der Waals surface area contributed by atoms with E-state index in [1.165, 1.54) is 4.68 Å². The highest BCUT2D eigenvalue weighted by molar-refractivity contribution is 7.71. The van der Waals surface area contributed by atoms with Gasteiger partial charge in [-0.05, 0) is 53.7 Å². The first-order chi connectivity index (χ1) is 10.4. The fourth-order valence-corrected chi connectivity index (χ4v) is 1.74. The SMILES string of the molecule is CC(C)(C)OC(=O)CN(C(=O)OC(C)(C)C)n1ccc(=S)cc1. The van der Waals surface area contributed by atoms with Crippen LogP contribution in [0, 0.1) is 4.51 Å². The molecule has 1 amide bonds. The molecular weight excluding hydrogens is 316 g/mol. The lowest BCUT2D eigenvalue weighted by Gasteiger charge is -2.29. The Morgan fingerprint density at radius 1 is 1.04 bits per heavy atom. The molecule has 0 unspecified atom stereocenters. The van der Waals surface area contributed by atoms with Crippen LogP contribution in [0.25, 0.3) is 0 Å². The number of hydrogen-bond acceptors (Lipinski definition) is 5. The molecule has 0 aliphatic heterocycles. The largest absolute Gasteiger partial charge is 0.459 e. The molecular formula is C16H24N2O4S. The van der Waals surface area contributed by atoms with E-state index in [1.807, 2.05) is 0 Å². The van der Waals surface area contributed by atoms with Crippen LogP contribution in [0.5, 0.6) is 0 Å². The second-order valence-corrected chi connectivity index (χ2v) is 7.51. The molecule has 0 radical (unpaired) electrons. The van der Waals surface area contributed by atoms with Gasteiger partial charge >= 0.3 is 12.1 Å². The van der Waals surface area contributed by atoms with Crippen LogP contribution in [0.4, 0.5) is 4.79 Å². The third-order valence-corrected chi connectivity index (χ3v) is 2.64. The second-order valence-electron chi connectivity index (χ2n) is 7.04. The van der Waals surface area contributed by atoms with E-state index in [0.29, 0.717) is 4.51 Å².